The molecule has 0 saturated heterocycles. The van der Waals surface area contributed by atoms with Crippen molar-refractivity contribution in [2.45, 2.75) is 52.4 Å². The molecule has 0 aliphatic rings. The normalized spacial score (nSPS) is 10.7. The zero-order valence-electron chi connectivity index (χ0n) is 18.8. The Bertz CT molecular complexity index is 1050. The molecular weight excluding hydrogens is 400 g/mol. The van der Waals surface area contributed by atoms with Crippen LogP contribution >= 0.6 is 0 Å². The highest BCUT2D eigenvalue weighted by atomic mass is 16.5. The van der Waals surface area contributed by atoms with E-state index in [4.69, 9.17) is 9.84 Å². The molecule has 0 aromatic heterocycles. The molecule has 4 nitrogen and oxygen atoms in total. The fourth-order valence-electron chi connectivity index (χ4n) is 3.67. The Kier molecular flexibility index (Phi) is 8.20. The van der Waals surface area contributed by atoms with Gasteiger partial charge in [-0.3, -0.25) is 0 Å². The fourth-order valence-corrected chi connectivity index (χ4v) is 3.67. The van der Waals surface area contributed by atoms with Crippen LogP contribution in [0.5, 0.6) is 5.75 Å². The first-order valence-corrected chi connectivity index (χ1v) is 11.3. The Labute approximate surface area is 189 Å². The summed E-state index contributed by atoms with van der Waals surface area (Å²) in [4.78, 5) is 23.8. The van der Waals surface area contributed by atoms with Gasteiger partial charge in [0.2, 0.25) is 0 Å². The van der Waals surface area contributed by atoms with Gasteiger partial charge in [-0.25, -0.2) is 9.59 Å². The van der Waals surface area contributed by atoms with Gasteiger partial charge >= 0.3 is 11.9 Å². The molecule has 0 aliphatic carbocycles. The van der Waals surface area contributed by atoms with Crippen LogP contribution in [-0.4, -0.2) is 17.0 Å². The number of carboxylic acid groups (broad SMARTS) is 1. The Morgan fingerprint density at radius 2 is 1.41 bits per heavy atom. The monoisotopic (exact) mass is 430 g/mol. The standard InChI is InChI=1S/C28H30O4/c1-3-5-6-8-21-11-18-26(25(19-21)22-12-9-20(7-4-2)10-13-22)32-28(31)24-16-14-23(15-17-24)27(29)30/h9-19H,3-8H2,1-2H3,(H,29,30). The first-order valence-electron chi connectivity index (χ1n) is 11.3. The van der Waals surface area contributed by atoms with Crippen LogP contribution < -0.4 is 4.74 Å². The molecule has 0 aliphatic heterocycles. The SMILES string of the molecule is CCCCCc1ccc(OC(=O)c2ccc(C(=O)O)cc2)c(-c2ccc(CCC)cc2)c1. The summed E-state index contributed by atoms with van der Waals surface area (Å²) < 4.78 is 5.76. The number of benzene rings is 3. The van der Waals surface area contributed by atoms with Gasteiger partial charge in [-0.1, -0.05) is 63.4 Å². The fraction of sp³-hybridized carbons (Fsp3) is 0.286. The van der Waals surface area contributed by atoms with Crippen molar-refractivity contribution in [3.05, 3.63) is 89.0 Å². The van der Waals surface area contributed by atoms with Crippen LogP contribution in [0.4, 0.5) is 0 Å². The third-order valence-electron chi connectivity index (χ3n) is 5.49. The number of carbonyl (C=O) groups is 2. The number of hydrogen-bond acceptors (Lipinski definition) is 3. The second-order valence-electron chi connectivity index (χ2n) is 8.01. The molecule has 4 heteroatoms. The Morgan fingerprint density at radius 3 is 2.03 bits per heavy atom. The maximum absolute atomic E-state index is 12.7. The summed E-state index contributed by atoms with van der Waals surface area (Å²) in [5.74, 6) is -1.04. The minimum absolute atomic E-state index is 0.130. The summed E-state index contributed by atoms with van der Waals surface area (Å²) in [6.45, 7) is 4.35. The maximum atomic E-state index is 12.7. The second kappa shape index (κ2) is 11.3. The molecule has 3 rings (SSSR count). The summed E-state index contributed by atoms with van der Waals surface area (Å²) in [6.07, 6.45) is 6.59. The van der Waals surface area contributed by atoms with Gasteiger partial charge in [0.05, 0.1) is 11.1 Å². The van der Waals surface area contributed by atoms with Crippen molar-refractivity contribution >= 4 is 11.9 Å². The lowest BCUT2D eigenvalue weighted by Gasteiger charge is -2.13. The smallest absolute Gasteiger partial charge is 0.343 e. The molecule has 0 bridgehead atoms. The first-order chi connectivity index (χ1) is 15.5. The highest BCUT2D eigenvalue weighted by Crippen LogP contribution is 2.32. The van der Waals surface area contributed by atoms with E-state index in [2.05, 4.69) is 44.2 Å². The van der Waals surface area contributed by atoms with E-state index in [-0.39, 0.29) is 5.56 Å². The molecule has 0 saturated carbocycles. The lowest BCUT2D eigenvalue weighted by atomic mass is 9.97. The highest BCUT2D eigenvalue weighted by Gasteiger charge is 2.15. The van der Waals surface area contributed by atoms with Crippen LogP contribution in [0.15, 0.2) is 66.7 Å². The summed E-state index contributed by atoms with van der Waals surface area (Å²) in [5.41, 5.74) is 4.84. The van der Waals surface area contributed by atoms with Crippen molar-refractivity contribution in [3.8, 4) is 16.9 Å². The van der Waals surface area contributed by atoms with E-state index in [0.717, 1.165) is 36.8 Å². The van der Waals surface area contributed by atoms with E-state index >= 15 is 0 Å². The number of aromatic carboxylic acids is 1. The summed E-state index contributed by atoms with van der Waals surface area (Å²) in [7, 11) is 0. The summed E-state index contributed by atoms with van der Waals surface area (Å²) in [6, 6.07) is 20.2. The average molecular weight is 431 g/mol. The number of carboxylic acids is 1. The van der Waals surface area contributed by atoms with E-state index in [1.54, 1.807) is 0 Å². The van der Waals surface area contributed by atoms with Gasteiger partial charge in [-0.2, -0.15) is 0 Å². The molecular formula is C28H30O4. The largest absolute Gasteiger partial charge is 0.478 e. The molecule has 0 amide bonds. The molecule has 0 radical (unpaired) electrons. The quantitative estimate of drug-likeness (QED) is 0.215. The molecule has 1 N–H and O–H groups in total. The van der Waals surface area contributed by atoms with Crippen LogP contribution in [0.2, 0.25) is 0 Å². The molecule has 0 unspecified atom stereocenters. The summed E-state index contributed by atoms with van der Waals surface area (Å²) in [5, 5.41) is 9.05. The Morgan fingerprint density at radius 1 is 0.750 bits per heavy atom. The predicted octanol–water partition coefficient (Wildman–Crippen LogP) is 6.96. The van der Waals surface area contributed by atoms with Gasteiger partial charge in [0, 0.05) is 5.56 Å². The van der Waals surface area contributed by atoms with E-state index in [1.807, 2.05) is 12.1 Å². The average Bonchev–Trinajstić information content (AvgIpc) is 2.81. The molecule has 166 valence electrons. The van der Waals surface area contributed by atoms with Gasteiger partial charge < -0.3 is 9.84 Å². The van der Waals surface area contributed by atoms with Crippen LogP contribution in [0.1, 0.15) is 71.4 Å². The van der Waals surface area contributed by atoms with E-state index < -0.39 is 11.9 Å². The van der Waals surface area contributed by atoms with Crippen molar-refractivity contribution in [1.82, 2.24) is 0 Å². The molecule has 3 aromatic carbocycles. The van der Waals surface area contributed by atoms with Crippen LogP contribution in [-0.2, 0) is 12.8 Å². The molecule has 0 atom stereocenters. The molecule has 0 fully saturated rings. The molecule has 3 aromatic rings. The molecule has 0 heterocycles. The third kappa shape index (κ3) is 6.07. The number of aryl methyl sites for hydroxylation is 2. The number of esters is 1. The lowest BCUT2D eigenvalue weighted by molar-refractivity contribution is 0.0692. The third-order valence-corrected chi connectivity index (χ3v) is 5.49. The van der Waals surface area contributed by atoms with Crippen molar-refractivity contribution in [3.63, 3.8) is 0 Å². The van der Waals surface area contributed by atoms with Crippen LogP contribution in [0.25, 0.3) is 11.1 Å². The molecule has 0 spiro atoms. The highest BCUT2D eigenvalue weighted by molar-refractivity contribution is 5.94. The van der Waals surface area contributed by atoms with Crippen LogP contribution in [0.3, 0.4) is 0 Å². The van der Waals surface area contributed by atoms with Gasteiger partial charge in [-0.15, -0.1) is 0 Å². The van der Waals surface area contributed by atoms with Gasteiger partial charge in [0.1, 0.15) is 5.75 Å². The number of carbonyl (C=O) groups excluding carboxylic acids is 1. The van der Waals surface area contributed by atoms with Gasteiger partial charge in [0.25, 0.3) is 0 Å². The predicted molar refractivity (Wildman–Crippen MR) is 127 cm³/mol. The zero-order chi connectivity index (χ0) is 22.9. The topological polar surface area (TPSA) is 63.6 Å². The Balaban J connectivity index is 1.89. The number of ether oxygens (including phenoxy) is 1. The van der Waals surface area contributed by atoms with Crippen LogP contribution in [0, 0.1) is 0 Å². The van der Waals surface area contributed by atoms with Crippen molar-refractivity contribution < 1.29 is 19.4 Å². The van der Waals surface area contributed by atoms with Crippen molar-refractivity contribution in [1.29, 1.82) is 0 Å². The van der Waals surface area contributed by atoms with Crippen molar-refractivity contribution in [2.24, 2.45) is 0 Å². The van der Waals surface area contributed by atoms with Crippen molar-refractivity contribution in [2.75, 3.05) is 0 Å². The van der Waals surface area contributed by atoms with E-state index in [1.165, 1.54) is 48.2 Å². The minimum Gasteiger partial charge on any atom is -0.478 e. The van der Waals surface area contributed by atoms with E-state index in [0.29, 0.717) is 11.3 Å². The number of rotatable bonds is 10. The second-order valence-corrected chi connectivity index (χ2v) is 8.01. The molecule has 32 heavy (non-hydrogen) atoms. The number of unbranched alkanes of at least 4 members (excludes halogenated alkanes) is 2. The van der Waals surface area contributed by atoms with Gasteiger partial charge in [0.15, 0.2) is 0 Å². The number of hydrogen-bond donors (Lipinski definition) is 1. The maximum Gasteiger partial charge on any atom is 0.343 e. The summed E-state index contributed by atoms with van der Waals surface area (Å²) >= 11 is 0. The first kappa shape index (κ1) is 23.3. The Hall–Kier alpha value is -3.40. The zero-order valence-corrected chi connectivity index (χ0v) is 18.8. The van der Waals surface area contributed by atoms with E-state index in [9.17, 15) is 9.59 Å². The van der Waals surface area contributed by atoms with Gasteiger partial charge in [-0.05, 0) is 72.4 Å². The lowest BCUT2D eigenvalue weighted by Crippen LogP contribution is -2.10. The minimum atomic E-state index is -1.03.